The number of benzene rings is 3. The van der Waals surface area contributed by atoms with Crippen LogP contribution < -0.4 is 5.32 Å². The molecular formula is C29H31N5O5. The molecule has 1 aliphatic rings. The topological polar surface area (TPSA) is 139 Å². The predicted octanol–water partition coefficient (Wildman–Crippen LogP) is 5.74. The molecule has 202 valence electrons. The van der Waals surface area contributed by atoms with Crippen LogP contribution in [0.5, 0.6) is 0 Å². The van der Waals surface area contributed by atoms with Crippen molar-refractivity contribution < 1.29 is 24.2 Å². The molecule has 1 amide bonds. The third-order valence-corrected chi connectivity index (χ3v) is 7.31. The number of H-pyrrole nitrogens is 1. The van der Waals surface area contributed by atoms with Crippen molar-refractivity contribution in [2.75, 3.05) is 6.54 Å². The van der Waals surface area contributed by atoms with Gasteiger partial charge in [0, 0.05) is 12.0 Å². The molecule has 1 atom stereocenters. The fourth-order valence-electron chi connectivity index (χ4n) is 5.28. The Morgan fingerprint density at radius 3 is 2.51 bits per heavy atom. The molecule has 4 aromatic rings. The summed E-state index contributed by atoms with van der Waals surface area (Å²) in [7, 11) is 0. The zero-order valence-electron chi connectivity index (χ0n) is 21.7. The lowest BCUT2D eigenvalue weighted by molar-refractivity contribution is -0.0154. The van der Waals surface area contributed by atoms with Crippen LogP contribution in [0.2, 0.25) is 0 Å². The summed E-state index contributed by atoms with van der Waals surface area (Å²) in [6.07, 6.45) is 1.95. The van der Waals surface area contributed by atoms with Gasteiger partial charge in [-0.25, -0.2) is 14.7 Å². The number of tetrazole rings is 1. The summed E-state index contributed by atoms with van der Waals surface area (Å²) in [5, 5.41) is 28.3. The SMILES string of the molecule is CCC(Cc1ccc2cc(-c3ccccc3-c3nnn[nH]3)ccc2c1)OC(=O)NCC1(OC(=O)O)CCCC1. The fourth-order valence-corrected chi connectivity index (χ4v) is 5.28. The first kappa shape index (κ1) is 26.1. The van der Waals surface area contributed by atoms with Gasteiger partial charge in [-0.3, -0.25) is 0 Å². The lowest BCUT2D eigenvalue weighted by Crippen LogP contribution is -2.45. The Morgan fingerprint density at radius 2 is 1.79 bits per heavy atom. The van der Waals surface area contributed by atoms with Crippen molar-refractivity contribution in [3.05, 3.63) is 66.2 Å². The molecule has 3 aromatic carbocycles. The van der Waals surface area contributed by atoms with Gasteiger partial charge in [-0.05, 0) is 76.1 Å². The number of carbonyl (C=O) groups is 2. The number of rotatable bonds is 9. The molecule has 1 unspecified atom stereocenters. The summed E-state index contributed by atoms with van der Waals surface area (Å²) in [5.74, 6) is 0.614. The van der Waals surface area contributed by atoms with Crippen LogP contribution >= 0.6 is 0 Å². The minimum atomic E-state index is -1.32. The van der Waals surface area contributed by atoms with E-state index in [1.54, 1.807) is 0 Å². The van der Waals surface area contributed by atoms with Crippen molar-refractivity contribution in [2.24, 2.45) is 0 Å². The van der Waals surface area contributed by atoms with Gasteiger partial charge in [0.2, 0.25) is 0 Å². The zero-order chi connectivity index (χ0) is 27.2. The second-order valence-electron chi connectivity index (χ2n) is 9.94. The van der Waals surface area contributed by atoms with Gasteiger partial charge in [0.15, 0.2) is 5.82 Å². The number of carboxylic acid groups (broad SMARTS) is 1. The molecule has 1 aliphatic carbocycles. The van der Waals surface area contributed by atoms with Crippen LogP contribution in [0.3, 0.4) is 0 Å². The van der Waals surface area contributed by atoms with E-state index in [0.29, 0.717) is 31.5 Å². The van der Waals surface area contributed by atoms with Crippen LogP contribution in [0.1, 0.15) is 44.6 Å². The number of aromatic nitrogens is 4. The van der Waals surface area contributed by atoms with Gasteiger partial charge < -0.3 is 19.9 Å². The van der Waals surface area contributed by atoms with Crippen LogP contribution in [0, 0.1) is 0 Å². The molecule has 0 spiro atoms. The molecule has 39 heavy (non-hydrogen) atoms. The highest BCUT2D eigenvalue weighted by molar-refractivity contribution is 5.90. The molecule has 0 bridgehead atoms. The fraction of sp³-hybridized carbons (Fsp3) is 0.345. The predicted molar refractivity (Wildman–Crippen MR) is 145 cm³/mol. The number of fused-ring (bicyclic) bond motifs is 1. The summed E-state index contributed by atoms with van der Waals surface area (Å²) in [5.41, 5.74) is 3.20. The van der Waals surface area contributed by atoms with Gasteiger partial charge in [-0.2, -0.15) is 0 Å². The average molecular weight is 530 g/mol. The van der Waals surface area contributed by atoms with Gasteiger partial charge >= 0.3 is 12.2 Å². The van der Waals surface area contributed by atoms with Crippen LogP contribution in [-0.2, 0) is 15.9 Å². The Balaban J connectivity index is 1.25. The summed E-state index contributed by atoms with van der Waals surface area (Å²) in [6, 6.07) is 20.5. The van der Waals surface area contributed by atoms with Crippen molar-refractivity contribution in [3.8, 4) is 22.5 Å². The Kier molecular flexibility index (Phi) is 7.72. The van der Waals surface area contributed by atoms with Crippen molar-refractivity contribution in [3.63, 3.8) is 0 Å². The lowest BCUT2D eigenvalue weighted by Gasteiger charge is -2.28. The van der Waals surface area contributed by atoms with E-state index in [1.807, 2.05) is 31.2 Å². The highest BCUT2D eigenvalue weighted by Crippen LogP contribution is 2.33. The Morgan fingerprint density at radius 1 is 1.05 bits per heavy atom. The molecule has 0 saturated heterocycles. The molecule has 3 N–H and O–H groups in total. The Bertz CT molecular complexity index is 1450. The van der Waals surface area contributed by atoms with Crippen LogP contribution in [-0.4, -0.2) is 56.2 Å². The highest BCUT2D eigenvalue weighted by atomic mass is 16.7. The largest absolute Gasteiger partial charge is 0.506 e. The molecule has 0 radical (unpaired) electrons. The molecule has 0 aliphatic heterocycles. The number of ether oxygens (including phenoxy) is 2. The van der Waals surface area contributed by atoms with E-state index < -0.39 is 17.8 Å². The van der Waals surface area contributed by atoms with Crippen molar-refractivity contribution in [2.45, 2.75) is 57.2 Å². The van der Waals surface area contributed by atoms with Crippen LogP contribution in [0.15, 0.2) is 60.7 Å². The zero-order valence-corrected chi connectivity index (χ0v) is 21.7. The maximum Gasteiger partial charge on any atom is 0.506 e. The minimum absolute atomic E-state index is 0.114. The molecule has 5 rings (SSSR count). The number of hydrogen-bond acceptors (Lipinski definition) is 7. The number of nitrogens with zero attached hydrogens (tertiary/aromatic N) is 3. The van der Waals surface area contributed by atoms with Gasteiger partial charge in [0.25, 0.3) is 0 Å². The average Bonchev–Trinajstić information content (AvgIpc) is 3.64. The number of amides is 1. The first-order valence-corrected chi connectivity index (χ1v) is 13.2. The number of carbonyl (C=O) groups excluding carboxylic acids is 1. The van der Waals surface area contributed by atoms with Crippen LogP contribution in [0.25, 0.3) is 33.3 Å². The third kappa shape index (κ3) is 6.17. The van der Waals surface area contributed by atoms with Gasteiger partial charge in [-0.1, -0.05) is 61.5 Å². The van der Waals surface area contributed by atoms with E-state index in [9.17, 15) is 9.59 Å². The second kappa shape index (κ2) is 11.5. The number of hydrogen-bond donors (Lipinski definition) is 3. The van der Waals surface area contributed by atoms with E-state index in [4.69, 9.17) is 14.6 Å². The molecule has 1 aromatic heterocycles. The third-order valence-electron chi connectivity index (χ3n) is 7.31. The first-order chi connectivity index (χ1) is 18.9. The van der Waals surface area contributed by atoms with Crippen molar-refractivity contribution in [1.82, 2.24) is 25.9 Å². The lowest BCUT2D eigenvalue weighted by atomic mass is 9.95. The van der Waals surface area contributed by atoms with Crippen molar-refractivity contribution in [1.29, 1.82) is 0 Å². The standard InChI is InChI=1S/C29H31N5O5/c1-2-23(38-27(35)30-18-29(39-28(36)37)13-5-6-14-29)16-19-9-10-21-17-22(12-11-20(21)15-19)24-7-3-4-8-25(24)26-31-33-34-32-26/h3-4,7-12,15,17,23H,2,5-6,13-14,16,18H2,1H3,(H,30,35)(H,36,37)(H,31,32,33,34). The van der Waals surface area contributed by atoms with E-state index in [0.717, 1.165) is 45.9 Å². The Hall–Kier alpha value is -4.47. The number of alkyl carbamates (subject to hydrolysis) is 1. The van der Waals surface area contributed by atoms with E-state index in [-0.39, 0.29) is 12.6 Å². The summed E-state index contributed by atoms with van der Waals surface area (Å²) in [4.78, 5) is 23.6. The van der Waals surface area contributed by atoms with E-state index in [1.165, 1.54) is 0 Å². The van der Waals surface area contributed by atoms with Gasteiger partial charge in [0.05, 0.1) is 6.54 Å². The monoisotopic (exact) mass is 529 g/mol. The molecular weight excluding hydrogens is 498 g/mol. The van der Waals surface area contributed by atoms with Gasteiger partial charge in [-0.15, -0.1) is 5.10 Å². The van der Waals surface area contributed by atoms with Gasteiger partial charge in [0.1, 0.15) is 11.7 Å². The quantitative estimate of drug-likeness (QED) is 0.233. The normalized spacial score (nSPS) is 15.1. The second-order valence-corrected chi connectivity index (χ2v) is 9.94. The van der Waals surface area contributed by atoms with Crippen molar-refractivity contribution >= 4 is 23.0 Å². The summed E-state index contributed by atoms with van der Waals surface area (Å²) < 4.78 is 10.8. The minimum Gasteiger partial charge on any atom is -0.450 e. The number of nitrogens with one attached hydrogen (secondary N) is 2. The molecule has 10 nitrogen and oxygen atoms in total. The number of aromatic amines is 1. The highest BCUT2D eigenvalue weighted by Gasteiger charge is 2.38. The maximum absolute atomic E-state index is 12.5. The van der Waals surface area contributed by atoms with E-state index >= 15 is 0 Å². The molecule has 10 heteroatoms. The van der Waals surface area contributed by atoms with E-state index in [2.05, 4.69) is 62.3 Å². The Labute approximate surface area is 225 Å². The van der Waals surface area contributed by atoms with Crippen LogP contribution in [0.4, 0.5) is 9.59 Å². The first-order valence-electron chi connectivity index (χ1n) is 13.2. The molecule has 1 saturated carbocycles. The smallest absolute Gasteiger partial charge is 0.450 e. The summed E-state index contributed by atoms with van der Waals surface area (Å²) in [6.45, 7) is 2.09. The molecule has 1 fully saturated rings. The maximum atomic E-state index is 12.5. The summed E-state index contributed by atoms with van der Waals surface area (Å²) >= 11 is 0. The molecule has 1 heterocycles.